The van der Waals surface area contributed by atoms with Gasteiger partial charge in [-0.1, -0.05) is 6.92 Å². The van der Waals surface area contributed by atoms with Crippen molar-refractivity contribution >= 4 is 43.4 Å². The predicted molar refractivity (Wildman–Crippen MR) is 165 cm³/mol. The third-order valence-corrected chi connectivity index (χ3v) is 8.02. The van der Waals surface area contributed by atoms with Gasteiger partial charge in [0.2, 0.25) is 5.91 Å². The number of H-pyrrole nitrogens is 2. The van der Waals surface area contributed by atoms with Crippen LogP contribution in [0, 0.1) is 11.6 Å². The summed E-state index contributed by atoms with van der Waals surface area (Å²) in [6.45, 7) is 1.91. The minimum atomic E-state index is -3.23. The summed E-state index contributed by atoms with van der Waals surface area (Å²) in [6, 6.07) is 10.9. The van der Waals surface area contributed by atoms with Gasteiger partial charge in [-0.05, 0) is 66.4 Å². The summed E-state index contributed by atoms with van der Waals surface area (Å²) in [6.07, 6.45) is 7.04. The number of fused-ring (bicyclic) bond motifs is 2. The summed E-state index contributed by atoms with van der Waals surface area (Å²) >= 11 is 0. The molecule has 13 heteroatoms. The van der Waals surface area contributed by atoms with Crippen molar-refractivity contribution in [2.45, 2.75) is 26.2 Å². The van der Waals surface area contributed by atoms with E-state index in [4.69, 9.17) is 4.98 Å². The maximum Gasteiger partial charge on any atom is 0.224 e. The summed E-state index contributed by atoms with van der Waals surface area (Å²) < 4.78 is 53.2. The number of carbonyl (C=O) groups excluding carboxylic acids is 1. The molecular weight excluding hydrogens is 588 g/mol. The van der Waals surface area contributed by atoms with Gasteiger partial charge >= 0.3 is 0 Å². The molecule has 0 aliphatic rings. The minimum Gasteiger partial charge on any atom is -0.337 e. The van der Waals surface area contributed by atoms with E-state index in [2.05, 4.69) is 30.5 Å². The van der Waals surface area contributed by atoms with E-state index in [0.29, 0.717) is 74.4 Å². The lowest BCUT2D eigenvalue weighted by molar-refractivity contribution is -0.116. The predicted octanol–water partition coefficient (Wildman–Crippen LogP) is 5.83. The molecule has 0 bridgehead atoms. The molecule has 0 unspecified atom stereocenters. The van der Waals surface area contributed by atoms with Crippen molar-refractivity contribution in [3.63, 3.8) is 0 Å². The van der Waals surface area contributed by atoms with Gasteiger partial charge in [-0.3, -0.25) is 19.9 Å². The third-order valence-electron chi connectivity index (χ3n) is 7.07. The molecule has 0 saturated carbocycles. The Bertz CT molecular complexity index is 2160. The van der Waals surface area contributed by atoms with Crippen LogP contribution < -0.4 is 5.32 Å². The number of aryl methyl sites for hydroxylation is 1. The molecular formula is C31H27F2N7O3S. The average molecular weight is 616 g/mol. The number of anilines is 1. The van der Waals surface area contributed by atoms with Crippen LogP contribution in [0.4, 0.5) is 14.5 Å². The second kappa shape index (κ2) is 11.6. The number of sulfone groups is 1. The smallest absolute Gasteiger partial charge is 0.224 e. The van der Waals surface area contributed by atoms with Gasteiger partial charge in [0.25, 0.3) is 0 Å². The quantitative estimate of drug-likeness (QED) is 0.185. The Labute approximate surface area is 250 Å². The van der Waals surface area contributed by atoms with Crippen LogP contribution in [0.25, 0.3) is 55.8 Å². The number of pyridine rings is 2. The molecule has 3 N–H and O–H groups in total. The zero-order valence-electron chi connectivity index (χ0n) is 23.8. The number of hydrogen-bond acceptors (Lipinski definition) is 7. The monoisotopic (exact) mass is 615 g/mol. The zero-order valence-corrected chi connectivity index (χ0v) is 24.6. The molecule has 0 aliphatic heterocycles. The molecule has 1 amide bonds. The number of aromatic nitrogens is 6. The van der Waals surface area contributed by atoms with Crippen molar-refractivity contribution in [1.82, 2.24) is 30.1 Å². The first-order valence-corrected chi connectivity index (χ1v) is 15.9. The average Bonchev–Trinajstić information content (AvgIpc) is 3.60. The zero-order chi connectivity index (χ0) is 31.0. The Morgan fingerprint density at radius 1 is 1.00 bits per heavy atom. The molecule has 0 aliphatic carbocycles. The van der Waals surface area contributed by atoms with Gasteiger partial charge in [0, 0.05) is 41.6 Å². The maximum atomic E-state index is 15.3. The standard InChI is InChI=1S/C31H27F2N7O3S/c1-3-4-26(41)36-22-12-20(15-34-16-22)18-13-23-28(24(33)14-18)39-40-29(23)31-37-25-5-7-35-27(30(25)38-31)19-9-17(10-21(32)11-19)6-8-44(2,42)43/h5,7,9-16H,3-4,6,8H2,1-2H3,(H,36,41)(H,37,38)(H,39,40). The van der Waals surface area contributed by atoms with Gasteiger partial charge < -0.3 is 10.3 Å². The largest absolute Gasteiger partial charge is 0.337 e. The number of nitrogens with zero attached hydrogens (tertiary/aromatic N) is 4. The highest BCUT2D eigenvalue weighted by molar-refractivity contribution is 7.90. The molecule has 0 radical (unpaired) electrons. The first-order valence-electron chi connectivity index (χ1n) is 13.8. The molecule has 10 nitrogen and oxygen atoms in total. The Hall–Kier alpha value is -5.04. The van der Waals surface area contributed by atoms with Gasteiger partial charge in [-0.25, -0.2) is 22.2 Å². The Kier molecular flexibility index (Phi) is 7.64. The molecule has 44 heavy (non-hydrogen) atoms. The van der Waals surface area contributed by atoms with Gasteiger partial charge in [0.1, 0.15) is 32.4 Å². The Morgan fingerprint density at radius 2 is 1.84 bits per heavy atom. The van der Waals surface area contributed by atoms with Crippen LogP contribution in [-0.2, 0) is 21.1 Å². The van der Waals surface area contributed by atoms with E-state index in [-0.39, 0.29) is 23.6 Å². The Balaban J connectivity index is 1.40. The third kappa shape index (κ3) is 6.04. The van der Waals surface area contributed by atoms with Crippen molar-refractivity contribution in [3.05, 3.63) is 78.3 Å². The first kappa shape index (κ1) is 29.1. The molecule has 0 atom stereocenters. The number of rotatable bonds is 9. The lowest BCUT2D eigenvalue weighted by atomic mass is 10.0. The topological polar surface area (TPSA) is 146 Å². The molecule has 6 aromatic rings. The normalized spacial score (nSPS) is 11.8. The van der Waals surface area contributed by atoms with Gasteiger partial charge in [-0.15, -0.1) is 0 Å². The van der Waals surface area contributed by atoms with Crippen LogP contribution in [-0.4, -0.2) is 56.5 Å². The van der Waals surface area contributed by atoms with E-state index < -0.39 is 21.5 Å². The van der Waals surface area contributed by atoms with E-state index in [1.165, 1.54) is 24.4 Å². The number of amides is 1. The fraction of sp³-hybridized carbons (Fsp3) is 0.194. The number of imidazole rings is 1. The molecule has 4 aromatic heterocycles. The Morgan fingerprint density at radius 3 is 2.64 bits per heavy atom. The lowest BCUT2D eigenvalue weighted by Crippen LogP contribution is -2.10. The van der Waals surface area contributed by atoms with Gasteiger partial charge in [0.05, 0.1) is 28.8 Å². The first-order chi connectivity index (χ1) is 21.1. The van der Waals surface area contributed by atoms with Crippen LogP contribution >= 0.6 is 0 Å². The van der Waals surface area contributed by atoms with Crippen LogP contribution in [0.3, 0.4) is 0 Å². The van der Waals surface area contributed by atoms with Crippen LogP contribution in [0.15, 0.2) is 61.1 Å². The number of hydrogen-bond donors (Lipinski definition) is 3. The summed E-state index contributed by atoms with van der Waals surface area (Å²) in [5.74, 6) is -0.959. The summed E-state index contributed by atoms with van der Waals surface area (Å²) in [5, 5.41) is 10.3. The minimum absolute atomic E-state index is 0.112. The lowest BCUT2D eigenvalue weighted by Gasteiger charge is -2.07. The number of benzene rings is 2. The molecule has 6 rings (SSSR count). The van der Waals surface area contributed by atoms with Crippen LogP contribution in [0.1, 0.15) is 25.3 Å². The summed E-state index contributed by atoms with van der Waals surface area (Å²) in [4.78, 5) is 28.7. The number of halogens is 2. The van der Waals surface area contributed by atoms with Crippen molar-refractivity contribution in [1.29, 1.82) is 0 Å². The second-order valence-electron chi connectivity index (χ2n) is 10.6. The summed E-state index contributed by atoms with van der Waals surface area (Å²) in [5.41, 5.74) is 4.58. The number of aromatic amines is 2. The fourth-order valence-corrected chi connectivity index (χ4v) is 5.65. The van der Waals surface area contributed by atoms with Crippen molar-refractivity contribution < 1.29 is 22.0 Å². The highest BCUT2D eigenvalue weighted by Gasteiger charge is 2.19. The van der Waals surface area contributed by atoms with Crippen molar-refractivity contribution in [2.24, 2.45) is 0 Å². The molecule has 224 valence electrons. The molecule has 2 aromatic carbocycles. The van der Waals surface area contributed by atoms with E-state index in [0.717, 1.165) is 6.26 Å². The molecule has 0 fully saturated rings. The summed E-state index contributed by atoms with van der Waals surface area (Å²) in [7, 11) is -3.23. The molecule has 4 heterocycles. The highest BCUT2D eigenvalue weighted by atomic mass is 32.2. The number of nitrogens with one attached hydrogen (secondary N) is 3. The van der Waals surface area contributed by atoms with Gasteiger partial charge in [-0.2, -0.15) is 5.10 Å². The van der Waals surface area contributed by atoms with Crippen LogP contribution in [0.2, 0.25) is 0 Å². The van der Waals surface area contributed by atoms with Crippen LogP contribution in [0.5, 0.6) is 0 Å². The SMILES string of the molecule is CCCC(=O)Nc1cncc(-c2cc(F)c3n[nH]c(-c4nc5c(-c6cc(F)cc(CCS(C)(=O)=O)c6)nccc5[nH]4)c3c2)c1. The van der Waals surface area contributed by atoms with E-state index in [9.17, 15) is 17.6 Å². The van der Waals surface area contributed by atoms with E-state index in [1.54, 1.807) is 36.7 Å². The van der Waals surface area contributed by atoms with Gasteiger partial charge in [0.15, 0.2) is 11.6 Å². The highest BCUT2D eigenvalue weighted by Crippen LogP contribution is 2.34. The second-order valence-corrected chi connectivity index (χ2v) is 12.8. The fourth-order valence-electron chi connectivity index (χ4n) is 5.04. The van der Waals surface area contributed by atoms with Crippen molar-refractivity contribution in [3.8, 4) is 33.9 Å². The van der Waals surface area contributed by atoms with Crippen molar-refractivity contribution in [2.75, 3.05) is 17.3 Å². The molecule has 0 spiro atoms. The molecule has 0 saturated heterocycles. The van der Waals surface area contributed by atoms with E-state index >= 15 is 4.39 Å². The van der Waals surface area contributed by atoms with E-state index in [1.807, 2.05) is 6.92 Å². The number of carbonyl (C=O) groups is 1. The maximum absolute atomic E-state index is 15.3.